The van der Waals surface area contributed by atoms with E-state index in [1.54, 1.807) is 22.9 Å². The van der Waals surface area contributed by atoms with Gasteiger partial charge in [-0.15, -0.1) is 0 Å². The molecule has 0 saturated carbocycles. The van der Waals surface area contributed by atoms with Crippen molar-refractivity contribution in [2.24, 2.45) is 5.73 Å². The van der Waals surface area contributed by atoms with E-state index in [0.717, 1.165) is 24.2 Å². The number of nitrogen functional groups attached to an aromatic ring is 1. The van der Waals surface area contributed by atoms with Crippen LogP contribution in [-0.2, 0) is 12.8 Å². The Morgan fingerprint density at radius 1 is 1.26 bits per heavy atom. The third-order valence-electron chi connectivity index (χ3n) is 3.07. The minimum absolute atomic E-state index is 0.389. The molecular weight excluding hydrogens is 240 g/mol. The van der Waals surface area contributed by atoms with Crippen molar-refractivity contribution in [1.82, 2.24) is 9.78 Å². The maximum Gasteiger partial charge on any atom is 0.250 e. The first-order valence-corrected chi connectivity index (χ1v) is 6.34. The SMILES string of the molecule is CCc1cc(CC)n(-c2ccc(N)cc2C(N)=O)n1. The fourth-order valence-electron chi connectivity index (χ4n) is 2.04. The van der Waals surface area contributed by atoms with Gasteiger partial charge in [-0.05, 0) is 37.1 Å². The van der Waals surface area contributed by atoms with Gasteiger partial charge in [-0.3, -0.25) is 4.79 Å². The molecule has 0 fully saturated rings. The van der Waals surface area contributed by atoms with Gasteiger partial charge in [0, 0.05) is 11.4 Å². The van der Waals surface area contributed by atoms with Crippen molar-refractivity contribution in [2.45, 2.75) is 26.7 Å². The lowest BCUT2D eigenvalue weighted by molar-refractivity contribution is 0.1000. The molecule has 0 saturated heterocycles. The van der Waals surface area contributed by atoms with Crippen LogP contribution in [0.3, 0.4) is 0 Å². The minimum Gasteiger partial charge on any atom is -0.399 e. The summed E-state index contributed by atoms with van der Waals surface area (Å²) in [4.78, 5) is 11.5. The second kappa shape index (κ2) is 5.14. The Balaban J connectivity index is 2.64. The molecule has 2 aromatic rings. The topological polar surface area (TPSA) is 86.9 Å². The zero-order valence-corrected chi connectivity index (χ0v) is 11.2. The molecule has 0 aliphatic rings. The Bertz CT molecular complexity index is 616. The quantitative estimate of drug-likeness (QED) is 0.818. The molecule has 2 rings (SSSR count). The second-order valence-electron chi connectivity index (χ2n) is 4.39. The summed E-state index contributed by atoms with van der Waals surface area (Å²) in [5.74, 6) is -0.502. The Morgan fingerprint density at radius 3 is 2.58 bits per heavy atom. The van der Waals surface area contributed by atoms with Crippen molar-refractivity contribution in [3.8, 4) is 5.69 Å². The molecular formula is C14H18N4O. The van der Waals surface area contributed by atoms with Crippen LogP contribution < -0.4 is 11.5 Å². The summed E-state index contributed by atoms with van der Waals surface area (Å²) in [5, 5.41) is 4.51. The number of amides is 1. The summed E-state index contributed by atoms with van der Waals surface area (Å²) in [6.07, 6.45) is 1.68. The van der Waals surface area contributed by atoms with Crippen LogP contribution in [0, 0.1) is 0 Å². The number of benzene rings is 1. The van der Waals surface area contributed by atoms with Gasteiger partial charge in [-0.25, -0.2) is 4.68 Å². The molecule has 4 N–H and O–H groups in total. The second-order valence-corrected chi connectivity index (χ2v) is 4.39. The van der Waals surface area contributed by atoms with E-state index >= 15 is 0 Å². The number of nitrogens with two attached hydrogens (primary N) is 2. The summed E-state index contributed by atoms with van der Waals surface area (Å²) in [7, 11) is 0. The van der Waals surface area contributed by atoms with Gasteiger partial charge in [0.1, 0.15) is 0 Å². The van der Waals surface area contributed by atoms with Crippen molar-refractivity contribution < 1.29 is 4.79 Å². The summed E-state index contributed by atoms with van der Waals surface area (Å²) >= 11 is 0. The molecule has 0 atom stereocenters. The first kappa shape index (κ1) is 13.1. The monoisotopic (exact) mass is 258 g/mol. The lowest BCUT2D eigenvalue weighted by Crippen LogP contribution is -2.16. The average molecular weight is 258 g/mol. The highest BCUT2D eigenvalue weighted by Crippen LogP contribution is 2.20. The van der Waals surface area contributed by atoms with Crippen LogP contribution in [0.5, 0.6) is 0 Å². The number of primary amides is 1. The zero-order valence-electron chi connectivity index (χ0n) is 11.2. The van der Waals surface area contributed by atoms with Crippen molar-refractivity contribution >= 4 is 11.6 Å². The van der Waals surface area contributed by atoms with Gasteiger partial charge < -0.3 is 11.5 Å². The number of rotatable bonds is 4. The molecule has 1 heterocycles. The first-order chi connectivity index (χ1) is 9.06. The number of anilines is 1. The predicted octanol–water partition coefficient (Wildman–Crippen LogP) is 1.68. The van der Waals surface area contributed by atoms with E-state index in [-0.39, 0.29) is 0 Å². The highest BCUT2D eigenvalue weighted by molar-refractivity contribution is 5.97. The van der Waals surface area contributed by atoms with Crippen LogP contribution in [0.15, 0.2) is 24.3 Å². The molecule has 0 spiro atoms. The molecule has 19 heavy (non-hydrogen) atoms. The summed E-state index contributed by atoms with van der Waals surface area (Å²) in [6, 6.07) is 7.15. The largest absolute Gasteiger partial charge is 0.399 e. The molecule has 1 aromatic heterocycles. The maximum atomic E-state index is 11.5. The van der Waals surface area contributed by atoms with Crippen molar-refractivity contribution in [2.75, 3.05) is 5.73 Å². The third kappa shape index (κ3) is 2.45. The minimum atomic E-state index is -0.502. The Hall–Kier alpha value is -2.30. The van der Waals surface area contributed by atoms with Crippen LogP contribution in [0.4, 0.5) is 5.69 Å². The zero-order chi connectivity index (χ0) is 14.0. The summed E-state index contributed by atoms with van der Waals surface area (Å²) in [5.41, 5.74) is 14.7. The average Bonchev–Trinajstić information content (AvgIpc) is 2.81. The number of nitrogens with zero attached hydrogens (tertiary/aromatic N) is 2. The van der Waals surface area contributed by atoms with E-state index in [0.29, 0.717) is 16.9 Å². The standard InChI is InChI=1S/C14H18N4O/c1-3-10-8-11(4-2)18(17-10)13-6-5-9(15)7-12(13)14(16)19/h5-8H,3-4,15H2,1-2H3,(H2,16,19). The maximum absolute atomic E-state index is 11.5. The van der Waals surface area contributed by atoms with Gasteiger partial charge in [-0.1, -0.05) is 13.8 Å². The van der Waals surface area contributed by atoms with Crippen molar-refractivity contribution in [1.29, 1.82) is 0 Å². The van der Waals surface area contributed by atoms with Crippen molar-refractivity contribution in [3.05, 3.63) is 41.2 Å². The van der Waals surface area contributed by atoms with E-state index in [4.69, 9.17) is 11.5 Å². The predicted molar refractivity (Wildman–Crippen MR) is 75.3 cm³/mol. The lowest BCUT2D eigenvalue weighted by atomic mass is 10.1. The van der Waals surface area contributed by atoms with Crippen LogP contribution in [0.25, 0.3) is 5.69 Å². The fraction of sp³-hybridized carbons (Fsp3) is 0.286. The lowest BCUT2D eigenvalue weighted by Gasteiger charge is -2.10. The van der Waals surface area contributed by atoms with Crippen molar-refractivity contribution in [3.63, 3.8) is 0 Å². The van der Waals surface area contributed by atoms with Gasteiger partial charge in [0.2, 0.25) is 0 Å². The number of aromatic nitrogens is 2. The van der Waals surface area contributed by atoms with Gasteiger partial charge in [-0.2, -0.15) is 5.10 Å². The molecule has 100 valence electrons. The first-order valence-electron chi connectivity index (χ1n) is 6.34. The van der Waals surface area contributed by atoms with Crippen LogP contribution in [0.1, 0.15) is 35.6 Å². The number of hydrogen-bond acceptors (Lipinski definition) is 3. The smallest absolute Gasteiger partial charge is 0.250 e. The van der Waals surface area contributed by atoms with Gasteiger partial charge in [0.15, 0.2) is 0 Å². The normalized spacial score (nSPS) is 10.6. The van der Waals surface area contributed by atoms with Crippen LogP contribution in [0.2, 0.25) is 0 Å². The summed E-state index contributed by atoms with van der Waals surface area (Å²) < 4.78 is 1.78. The Labute approximate surface area is 112 Å². The Kier molecular flexibility index (Phi) is 3.55. The van der Waals surface area contributed by atoms with E-state index in [1.807, 2.05) is 19.9 Å². The van der Waals surface area contributed by atoms with Crippen LogP contribution >= 0.6 is 0 Å². The molecule has 0 aliphatic heterocycles. The number of carbonyl (C=O) groups excluding carboxylic acids is 1. The molecule has 5 nitrogen and oxygen atoms in total. The van der Waals surface area contributed by atoms with E-state index < -0.39 is 5.91 Å². The van der Waals surface area contributed by atoms with Gasteiger partial charge in [0.25, 0.3) is 5.91 Å². The highest BCUT2D eigenvalue weighted by atomic mass is 16.1. The van der Waals surface area contributed by atoms with E-state index in [2.05, 4.69) is 5.10 Å². The molecule has 0 unspecified atom stereocenters. The number of aryl methyl sites for hydroxylation is 2. The fourth-order valence-corrected chi connectivity index (χ4v) is 2.04. The molecule has 0 bridgehead atoms. The van der Waals surface area contributed by atoms with Gasteiger partial charge in [0.05, 0.1) is 16.9 Å². The van der Waals surface area contributed by atoms with E-state index in [1.165, 1.54) is 0 Å². The molecule has 1 amide bonds. The summed E-state index contributed by atoms with van der Waals surface area (Å²) in [6.45, 7) is 4.10. The molecule has 1 aromatic carbocycles. The third-order valence-corrected chi connectivity index (χ3v) is 3.07. The highest BCUT2D eigenvalue weighted by Gasteiger charge is 2.14. The molecule has 5 heteroatoms. The number of carbonyl (C=O) groups is 1. The van der Waals surface area contributed by atoms with Gasteiger partial charge >= 0.3 is 0 Å². The number of hydrogen-bond donors (Lipinski definition) is 2. The van der Waals surface area contributed by atoms with Crippen LogP contribution in [-0.4, -0.2) is 15.7 Å². The van der Waals surface area contributed by atoms with E-state index in [9.17, 15) is 4.79 Å². The molecule has 0 radical (unpaired) electrons. The molecule has 0 aliphatic carbocycles. The Morgan fingerprint density at radius 2 is 2.00 bits per heavy atom.